The predicted molar refractivity (Wildman–Crippen MR) is 163 cm³/mol. The van der Waals surface area contributed by atoms with Crippen molar-refractivity contribution in [2.24, 2.45) is 0 Å². The van der Waals surface area contributed by atoms with Gasteiger partial charge in [0.25, 0.3) is 11.8 Å². The van der Waals surface area contributed by atoms with Crippen molar-refractivity contribution in [3.05, 3.63) is 144 Å². The van der Waals surface area contributed by atoms with E-state index in [1.165, 1.54) is 18.2 Å². The van der Waals surface area contributed by atoms with Crippen LogP contribution in [0.1, 0.15) is 36.6 Å². The molecule has 4 amide bonds. The van der Waals surface area contributed by atoms with E-state index in [9.17, 15) is 19.2 Å². The maximum Gasteiger partial charge on any atom is 0.323 e. The molecule has 204 valence electrons. The number of amides is 4. The van der Waals surface area contributed by atoms with Crippen LogP contribution in [0.4, 0.5) is 27.5 Å². The van der Waals surface area contributed by atoms with Crippen LogP contribution in [0.2, 0.25) is 0 Å². The van der Waals surface area contributed by atoms with E-state index in [2.05, 4.69) is 21.3 Å². The van der Waals surface area contributed by atoms with Crippen LogP contribution in [-0.4, -0.2) is 23.6 Å². The molecule has 0 saturated heterocycles. The van der Waals surface area contributed by atoms with Crippen LogP contribution in [0.25, 0.3) is 11.1 Å². The molecule has 0 heterocycles. The standard InChI is InChI=1S/C34H24N4O4/c39-31-29-14-8-7-13-27(29)28-16-15-25(20-30(28)31)37-34(42)38-26-18-21(32(40)35-23-9-3-1-4-10-23)17-22(19-26)33(41)36-24-11-5-2-6-12-24/h1-20H,(H,35,40)(H,36,41)(H2,37,38,42). The third-order valence-electron chi connectivity index (χ3n) is 6.76. The Balaban J connectivity index is 1.24. The van der Waals surface area contributed by atoms with Crippen LogP contribution < -0.4 is 21.3 Å². The van der Waals surface area contributed by atoms with Gasteiger partial charge in [0.15, 0.2) is 5.78 Å². The Morgan fingerprint density at radius 3 is 1.50 bits per heavy atom. The number of urea groups is 1. The van der Waals surface area contributed by atoms with Crippen molar-refractivity contribution < 1.29 is 19.2 Å². The fourth-order valence-corrected chi connectivity index (χ4v) is 4.81. The molecule has 1 aliphatic carbocycles. The molecular formula is C34H24N4O4. The van der Waals surface area contributed by atoms with E-state index in [0.717, 1.165) is 11.1 Å². The van der Waals surface area contributed by atoms with Crippen LogP contribution in [0.3, 0.4) is 0 Å². The second-order valence-electron chi connectivity index (χ2n) is 9.65. The number of anilines is 4. The first-order chi connectivity index (χ1) is 20.4. The number of carbonyl (C=O) groups is 4. The molecular weight excluding hydrogens is 528 g/mol. The molecule has 4 N–H and O–H groups in total. The summed E-state index contributed by atoms with van der Waals surface area (Å²) in [5.41, 5.74) is 4.99. The average Bonchev–Trinajstić information content (AvgIpc) is 3.29. The SMILES string of the molecule is O=C(Nc1cc(C(=O)Nc2ccccc2)cc(C(=O)Nc2ccccc2)c1)Nc1ccc2c(c1)C(=O)c1ccccc1-2. The number of hydrogen-bond donors (Lipinski definition) is 4. The zero-order valence-electron chi connectivity index (χ0n) is 22.2. The number of benzene rings is 5. The second kappa shape index (κ2) is 11.2. The normalized spacial score (nSPS) is 11.2. The molecule has 0 spiro atoms. The van der Waals surface area contributed by atoms with Crippen LogP contribution in [0.15, 0.2) is 121 Å². The molecule has 0 saturated carbocycles. The number of hydrogen-bond acceptors (Lipinski definition) is 4. The van der Waals surface area contributed by atoms with Gasteiger partial charge >= 0.3 is 6.03 Å². The first kappa shape index (κ1) is 26.2. The topological polar surface area (TPSA) is 116 Å². The molecule has 5 aromatic carbocycles. The Kier molecular flexibility index (Phi) is 7.01. The summed E-state index contributed by atoms with van der Waals surface area (Å²) in [5.74, 6) is -0.998. The summed E-state index contributed by atoms with van der Waals surface area (Å²) in [6, 6.07) is 34.2. The molecule has 0 aromatic heterocycles. The lowest BCUT2D eigenvalue weighted by atomic mass is 10.1. The van der Waals surface area contributed by atoms with Crippen molar-refractivity contribution in [2.75, 3.05) is 21.3 Å². The summed E-state index contributed by atoms with van der Waals surface area (Å²) in [4.78, 5) is 52.1. The Morgan fingerprint density at radius 1 is 0.405 bits per heavy atom. The lowest BCUT2D eigenvalue weighted by molar-refractivity contribution is 0.102. The molecule has 8 heteroatoms. The zero-order chi connectivity index (χ0) is 29.1. The Hall–Kier alpha value is -6.02. The van der Waals surface area contributed by atoms with Gasteiger partial charge in [-0.15, -0.1) is 0 Å². The number of rotatable bonds is 6. The van der Waals surface area contributed by atoms with Gasteiger partial charge in [-0.25, -0.2) is 4.79 Å². The van der Waals surface area contributed by atoms with Crippen molar-refractivity contribution in [3.8, 4) is 11.1 Å². The van der Waals surface area contributed by atoms with E-state index < -0.39 is 17.8 Å². The van der Waals surface area contributed by atoms with Gasteiger partial charge < -0.3 is 21.3 Å². The maximum atomic E-state index is 13.1. The van der Waals surface area contributed by atoms with Gasteiger partial charge in [0, 0.05) is 45.0 Å². The molecule has 0 aliphatic heterocycles. The third-order valence-corrected chi connectivity index (χ3v) is 6.76. The van der Waals surface area contributed by atoms with E-state index in [4.69, 9.17) is 0 Å². The number of fused-ring (bicyclic) bond motifs is 3. The van der Waals surface area contributed by atoms with Gasteiger partial charge in [0.2, 0.25) is 0 Å². The molecule has 0 unspecified atom stereocenters. The highest BCUT2D eigenvalue weighted by atomic mass is 16.2. The Morgan fingerprint density at radius 2 is 0.905 bits per heavy atom. The minimum atomic E-state index is -0.604. The van der Waals surface area contributed by atoms with Gasteiger partial charge in [-0.1, -0.05) is 66.7 Å². The van der Waals surface area contributed by atoms with E-state index in [1.807, 2.05) is 30.3 Å². The Bertz CT molecular complexity index is 1780. The summed E-state index contributed by atoms with van der Waals surface area (Å²) in [6.45, 7) is 0. The summed E-state index contributed by atoms with van der Waals surface area (Å²) in [5, 5.41) is 11.0. The summed E-state index contributed by atoms with van der Waals surface area (Å²) >= 11 is 0. The quantitative estimate of drug-likeness (QED) is 0.177. The second-order valence-corrected chi connectivity index (χ2v) is 9.65. The van der Waals surface area contributed by atoms with E-state index in [-0.39, 0.29) is 22.6 Å². The van der Waals surface area contributed by atoms with Crippen LogP contribution >= 0.6 is 0 Å². The van der Waals surface area contributed by atoms with Gasteiger partial charge in [0.1, 0.15) is 0 Å². The van der Waals surface area contributed by atoms with E-state index in [0.29, 0.717) is 28.2 Å². The first-order valence-corrected chi connectivity index (χ1v) is 13.2. The highest BCUT2D eigenvalue weighted by Crippen LogP contribution is 2.37. The summed E-state index contributed by atoms with van der Waals surface area (Å²) in [6.07, 6.45) is 0. The van der Waals surface area contributed by atoms with Gasteiger partial charge in [-0.2, -0.15) is 0 Å². The van der Waals surface area contributed by atoms with Crippen molar-refractivity contribution in [1.29, 1.82) is 0 Å². The van der Waals surface area contributed by atoms with Crippen LogP contribution in [-0.2, 0) is 0 Å². The van der Waals surface area contributed by atoms with Crippen LogP contribution in [0.5, 0.6) is 0 Å². The molecule has 5 aromatic rings. The minimum absolute atomic E-state index is 0.101. The molecule has 6 rings (SSSR count). The number of carbonyl (C=O) groups excluding carboxylic acids is 4. The largest absolute Gasteiger partial charge is 0.323 e. The van der Waals surface area contributed by atoms with E-state index in [1.54, 1.807) is 72.8 Å². The number of nitrogens with one attached hydrogen (secondary N) is 4. The monoisotopic (exact) mass is 552 g/mol. The average molecular weight is 553 g/mol. The van der Waals surface area contributed by atoms with Crippen molar-refractivity contribution in [3.63, 3.8) is 0 Å². The molecule has 8 nitrogen and oxygen atoms in total. The van der Waals surface area contributed by atoms with Gasteiger partial charge in [0.05, 0.1) is 0 Å². The molecule has 0 bridgehead atoms. The number of ketones is 1. The van der Waals surface area contributed by atoms with E-state index >= 15 is 0 Å². The lowest BCUT2D eigenvalue weighted by Gasteiger charge is -2.13. The third kappa shape index (κ3) is 5.50. The van der Waals surface area contributed by atoms with Gasteiger partial charge in [-0.3, -0.25) is 14.4 Å². The van der Waals surface area contributed by atoms with Gasteiger partial charge in [-0.05, 0) is 65.7 Å². The fraction of sp³-hybridized carbons (Fsp3) is 0. The van der Waals surface area contributed by atoms with Crippen molar-refractivity contribution in [2.45, 2.75) is 0 Å². The number of para-hydroxylation sites is 2. The Labute approximate surface area is 241 Å². The molecule has 42 heavy (non-hydrogen) atoms. The highest BCUT2D eigenvalue weighted by molar-refractivity contribution is 6.22. The zero-order valence-corrected chi connectivity index (χ0v) is 22.2. The minimum Gasteiger partial charge on any atom is -0.322 e. The van der Waals surface area contributed by atoms with Crippen molar-refractivity contribution >= 4 is 46.4 Å². The fourth-order valence-electron chi connectivity index (χ4n) is 4.81. The summed E-state index contributed by atoms with van der Waals surface area (Å²) < 4.78 is 0. The van der Waals surface area contributed by atoms with Crippen molar-refractivity contribution in [1.82, 2.24) is 0 Å². The maximum absolute atomic E-state index is 13.1. The van der Waals surface area contributed by atoms with Crippen LogP contribution in [0, 0.1) is 0 Å². The molecule has 0 radical (unpaired) electrons. The predicted octanol–water partition coefficient (Wildman–Crippen LogP) is 7.05. The first-order valence-electron chi connectivity index (χ1n) is 13.2. The molecule has 1 aliphatic rings. The summed E-state index contributed by atoms with van der Waals surface area (Å²) in [7, 11) is 0. The smallest absolute Gasteiger partial charge is 0.322 e. The lowest BCUT2D eigenvalue weighted by Crippen LogP contribution is -2.21. The molecule has 0 fully saturated rings. The highest BCUT2D eigenvalue weighted by Gasteiger charge is 2.26. The molecule has 0 atom stereocenters.